The number of pyridine rings is 1. The lowest BCUT2D eigenvalue weighted by Crippen LogP contribution is -2.24. The molecule has 1 aromatic rings. The SMILES string of the molecule is CCC(F)(F)COc1ccc([N+](=O)[O-])cn1. The topological polar surface area (TPSA) is 65.3 Å². The predicted octanol–water partition coefficient (Wildman–Crippen LogP) is 2.41. The van der Waals surface area contributed by atoms with E-state index in [9.17, 15) is 18.9 Å². The van der Waals surface area contributed by atoms with Crippen LogP contribution in [-0.4, -0.2) is 22.4 Å². The number of hydrogen-bond acceptors (Lipinski definition) is 4. The first-order chi connectivity index (χ1) is 7.44. The fourth-order valence-electron chi connectivity index (χ4n) is 0.847. The summed E-state index contributed by atoms with van der Waals surface area (Å²) in [7, 11) is 0. The van der Waals surface area contributed by atoms with E-state index >= 15 is 0 Å². The van der Waals surface area contributed by atoms with E-state index in [2.05, 4.69) is 4.98 Å². The maximum Gasteiger partial charge on any atom is 0.287 e. The van der Waals surface area contributed by atoms with Gasteiger partial charge in [-0.3, -0.25) is 10.1 Å². The minimum Gasteiger partial charge on any atom is -0.471 e. The first-order valence-electron chi connectivity index (χ1n) is 4.55. The zero-order valence-electron chi connectivity index (χ0n) is 8.52. The summed E-state index contributed by atoms with van der Waals surface area (Å²) >= 11 is 0. The maximum absolute atomic E-state index is 12.8. The molecular weight excluding hydrogens is 222 g/mol. The zero-order chi connectivity index (χ0) is 12.2. The third kappa shape index (κ3) is 3.41. The molecule has 16 heavy (non-hydrogen) atoms. The van der Waals surface area contributed by atoms with Crippen molar-refractivity contribution in [3.63, 3.8) is 0 Å². The Morgan fingerprint density at radius 1 is 1.56 bits per heavy atom. The van der Waals surface area contributed by atoms with Gasteiger partial charge in [-0.15, -0.1) is 0 Å². The second kappa shape index (κ2) is 4.82. The largest absolute Gasteiger partial charge is 0.471 e. The maximum atomic E-state index is 12.8. The molecule has 0 amide bonds. The average molecular weight is 232 g/mol. The van der Waals surface area contributed by atoms with Crippen molar-refractivity contribution in [1.82, 2.24) is 4.98 Å². The van der Waals surface area contributed by atoms with Gasteiger partial charge in [-0.05, 0) is 0 Å². The van der Waals surface area contributed by atoms with E-state index in [0.717, 1.165) is 12.3 Å². The Kier molecular flexibility index (Phi) is 3.70. The van der Waals surface area contributed by atoms with E-state index in [1.54, 1.807) is 0 Å². The lowest BCUT2D eigenvalue weighted by atomic mass is 10.3. The van der Waals surface area contributed by atoms with Crippen LogP contribution < -0.4 is 4.74 Å². The monoisotopic (exact) mass is 232 g/mol. The number of nitrogens with zero attached hydrogens (tertiary/aromatic N) is 2. The van der Waals surface area contributed by atoms with Crippen LogP contribution in [0.5, 0.6) is 5.88 Å². The molecule has 5 nitrogen and oxygen atoms in total. The summed E-state index contributed by atoms with van der Waals surface area (Å²) in [5, 5.41) is 10.3. The number of ether oxygens (including phenoxy) is 1. The summed E-state index contributed by atoms with van der Waals surface area (Å²) in [4.78, 5) is 13.2. The van der Waals surface area contributed by atoms with Crippen molar-refractivity contribution in [2.45, 2.75) is 19.3 Å². The highest BCUT2D eigenvalue weighted by Gasteiger charge is 2.27. The molecule has 0 N–H and O–H groups in total. The number of rotatable bonds is 5. The van der Waals surface area contributed by atoms with Crippen molar-refractivity contribution in [2.75, 3.05) is 6.61 Å². The van der Waals surface area contributed by atoms with Crippen molar-refractivity contribution in [2.24, 2.45) is 0 Å². The van der Waals surface area contributed by atoms with Crippen LogP contribution in [0.15, 0.2) is 18.3 Å². The smallest absolute Gasteiger partial charge is 0.287 e. The van der Waals surface area contributed by atoms with Crippen LogP contribution in [0.2, 0.25) is 0 Å². The van der Waals surface area contributed by atoms with Gasteiger partial charge >= 0.3 is 0 Å². The van der Waals surface area contributed by atoms with Gasteiger partial charge in [-0.25, -0.2) is 13.8 Å². The van der Waals surface area contributed by atoms with E-state index in [4.69, 9.17) is 4.74 Å². The summed E-state index contributed by atoms with van der Waals surface area (Å²) in [6.45, 7) is 0.556. The van der Waals surface area contributed by atoms with Crippen molar-refractivity contribution >= 4 is 5.69 Å². The zero-order valence-corrected chi connectivity index (χ0v) is 8.52. The summed E-state index contributed by atoms with van der Waals surface area (Å²) in [6, 6.07) is 2.33. The van der Waals surface area contributed by atoms with E-state index in [1.165, 1.54) is 13.0 Å². The second-order valence-corrected chi connectivity index (χ2v) is 3.11. The Morgan fingerprint density at radius 3 is 2.69 bits per heavy atom. The lowest BCUT2D eigenvalue weighted by Gasteiger charge is -2.13. The van der Waals surface area contributed by atoms with E-state index in [0.29, 0.717) is 0 Å². The molecule has 0 saturated carbocycles. The van der Waals surface area contributed by atoms with Crippen molar-refractivity contribution < 1.29 is 18.4 Å². The molecule has 1 aromatic heterocycles. The van der Waals surface area contributed by atoms with Gasteiger partial charge in [0.15, 0.2) is 6.61 Å². The number of hydrogen-bond donors (Lipinski definition) is 0. The first-order valence-corrected chi connectivity index (χ1v) is 4.55. The Hall–Kier alpha value is -1.79. The van der Waals surface area contributed by atoms with Crippen molar-refractivity contribution in [3.05, 3.63) is 28.4 Å². The summed E-state index contributed by atoms with van der Waals surface area (Å²) in [6.07, 6.45) is 0.624. The number of halogens is 2. The van der Waals surface area contributed by atoms with Gasteiger partial charge in [0.1, 0.15) is 6.20 Å². The molecular formula is C9H10F2N2O3. The molecule has 0 aliphatic rings. The molecule has 0 atom stereocenters. The third-order valence-corrected chi connectivity index (χ3v) is 1.88. The van der Waals surface area contributed by atoms with Crippen LogP contribution in [0.3, 0.4) is 0 Å². The van der Waals surface area contributed by atoms with E-state index < -0.39 is 17.5 Å². The summed E-state index contributed by atoms with van der Waals surface area (Å²) in [5.74, 6) is -2.97. The molecule has 88 valence electrons. The highest BCUT2D eigenvalue weighted by molar-refractivity contribution is 5.28. The molecule has 0 aromatic carbocycles. The Labute approximate surface area is 90.2 Å². The van der Waals surface area contributed by atoms with Gasteiger partial charge in [0.25, 0.3) is 11.6 Å². The predicted molar refractivity (Wildman–Crippen MR) is 51.6 cm³/mol. The van der Waals surface area contributed by atoms with Gasteiger partial charge in [0, 0.05) is 18.6 Å². The molecule has 0 aliphatic carbocycles. The van der Waals surface area contributed by atoms with Gasteiger partial charge in [0.2, 0.25) is 5.88 Å². The van der Waals surface area contributed by atoms with Gasteiger partial charge in [0.05, 0.1) is 4.92 Å². The Bertz CT molecular complexity index is 368. The molecule has 1 rings (SSSR count). The minimum absolute atomic E-state index is 0.0567. The average Bonchev–Trinajstić information content (AvgIpc) is 2.27. The minimum atomic E-state index is -2.91. The molecule has 0 radical (unpaired) electrons. The van der Waals surface area contributed by atoms with Crippen LogP contribution in [0.1, 0.15) is 13.3 Å². The fraction of sp³-hybridized carbons (Fsp3) is 0.444. The molecule has 0 spiro atoms. The Balaban J connectivity index is 2.59. The quantitative estimate of drug-likeness (QED) is 0.577. The number of nitro groups is 1. The van der Waals surface area contributed by atoms with Gasteiger partial charge < -0.3 is 4.74 Å². The molecule has 0 saturated heterocycles. The highest BCUT2D eigenvalue weighted by Crippen LogP contribution is 2.20. The molecule has 0 bridgehead atoms. The van der Waals surface area contributed by atoms with E-state index in [1.807, 2.05) is 0 Å². The Morgan fingerprint density at radius 2 is 2.25 bits per heavy atom. The summed E-state index contributed by atoms with van der Waals surface area (Å²) in [5.41, 5.74) is -0.213. The molecule has 0 fully saturated rings. The molecule has 0 unspecified atom stereocenters. The normalized spacial score (nSPS) is 11.2. The van der Waals surface area contributed by atoms with Crippen molar-refractivity contribution in [3.8, 4) is 5.88 Å². The fourth-order valence-corrected chi connectivity index (χ4v) is 0.847. The van der Waals surface area contributed by atoms with E-state index in [-0.39, 0.29) is 18.0 Å². The standard InChI is InChI=1S/C9H10F2N2O3/c1-2-9(10,11)6-16-8-4-3-7(5-12-8)13(14)15/h3-5H,2,6H2,1H3. The van der Waals surface area contributed by atoms with Crippen LogP contribution >= 0.6 is 0 Å². The number of alkyl halides is 2. The molecule has 0 aliphatic heterocycles. The summed E-state index contributed by atoms with van der Waals surface area (Å²) < 4.78 is 30.3. The first kappa shape index (κ1) is 12.3. The van der Waals surface area contributed by atoms with Crippen LogP contribution in [-0.2, 0) is 0 Å². The molecule has 1 heterocycles. The molecule has 7 heteroatoms. The van der Waals surface area contributed by atoms with Crippen LogP contribution in [0.4, 0.5) is 14.5 Å². The number of aromatic nitrogens is 1. The second-order valence-electron chi connectivity index (χ2n) is 3.11. The highest BCUT2D eigenvalue weighted by atomic mass is 19.3. The lowest BCUT2D eigenvalue weighted by molar-refractivity contribution is -0.385. The van der Waals surface area contributed by atoms with Gasteiger partial charge in [-0.2, -0.15) is 0 Å². The van der Waals surface area contributed by atoms with Crippen LogP contribution in [0.25, 0.3) is 0 Å². The van der Waals surface area contributed by atoms with Crippen molar-refractivity contribution in [1.29, 1.82) is 0 Å². The third-order valence-electron chi connectivity index (χ3n) is 1.88. The van der Waals surface area contributed by atoms with Gasteiger partial charge in [-0.1, -0.05) is 6.92 Å². The van der Waals surface area contributed by atoms with Crippen LogP contribution in [0, 0.1) is 10.1 Å².